The highest BCUT2D eigenvalue weighted by Gasteiger charge is 2.34. The summed E-state index contributed by atoms with van der Waals surface area (Å²) in [5, 5.41) is 3.69. The maximum atomic E-state index is 14.2. The molecule has 0 saturated heterocycles. The molecular formula is C31H37Cl2N3O4S. The molecule has 10 heteroatoms. The predicted octanol–water partition coefficient (Wildman–Crippen LogP) is 5.93. The first-order valence-electron chi connectivity index (χ1n) is 13.4. The van der Waals surface area contributed by atoms with Crippen molar-refractivity contribution in [3.63, 3.8) is 0 Å². The summed E-state index contributed by atoms with van der Waals surface area (Å²) in [6.07, 6.45) is 2.02. The number of para-hydroxylation sites is 1. The van der Waals surface area contributed by atoms with Gasteiger partial charge in [0, 0.05) is 19.0 Å². The molecule has 0 aliphatic heterocycles. The van der Waals surface area contributed by atoms with E-state index in [1.165, 1.54) is 4.90 Å². The number of carbonyl (C=O) groups excluding carboxylic acids is 2. The normalized spacial score (nSPS) is 12.9. The lowest BCUT2D eigenvalue weighted by Gasteiger charge is -2.34. The van der Waals surface area contributed by atoms with E-state index in [2.05, 4.69) is 5.32 Å². The number of carbonyl (C=O) groups is 2. The zero-order chi connectivity index (χ0) is 30.3. The Balaban J connectivity index is 2.12. The molecule has 2 amide bonds. The van der Waals surface area contributed by atoms with Crippen molar-refractivity contribution in [1.29, 1.82) is 0 Å². The van der Waals surface area contributed by atoms with Crippen LogP contribution in [0.25, 0.3) is 0 Å². The number of amides is 2. The van der Waals surface area contributed by atoms with E-state index in [9.17, 15) is 18.0 Å². The van der Waals surface area contributed by atoms with Gasteiger partial charge in [0.2, 0.25) is 21.8 Å². The Morgan fingerprint density at radius 1 is 0.902 bits per heavy atom. The molecule has 220 valence electrons. The maximum Gasteiger partial charge on any atom is 0.244 e. The van der Waals surface area contributed by atoms with E-state index in [1.807, 2.05) is 50.2 Å². The smallest absolute Gasteiger partial charge is 0.244 e. The van der Waals surface area contributed by atoms with Crippen LogP contribution in [0.2, 0.25) is 10.0 Å². The van der Waals surface area contributed by atoms with Gasteiger partial charge in [-0.2, -0.15) is 0 Å². The molecule has 0 heterocycles. The Morgan fingerprint density at radius 2 is 1.54 bits per heavy atom. The van der Waals surface area contributed by atoms with Gasteiger partial charge in [-0.1, -0.05) is 84.7 Å². The number of halogens is 2. The predicted molar refractivity (Wildman–Crippen MR) is 167 cm³/mol. The van der Waals surface area contributed by atoms with E-state index in [1.54, 1.807) is 44.2 Å². The zero-order valence-electron chi connectivity index (χ0n) is 24.0. The second-order valence-electron chi connectivity index (χ2n) is 10.3. The Kier molecular flexibility index (Phi) is 11.2. The van der Waals surface area contributed by atoms with E-state index < -0.39 is 28.5 Å². The van der Waals surface area contributed by atoms with Gasteiger partial charge in [0.25, 0.3) is 0 Å². The average Bonchev–Trinajstić information content (AvgIpc) is 2.91. The number of hydrogen-bond acceptors (Lipinski definition) is 4. The van der Waals surface area contributed by atoms with Crippen molar-refractivity contribution < 1.29 is 18.0 Å². The molecule has 0 aliphatic rings. The fourth-order valence-electron chi connectivity index (χ4n) is 4.60. The largest absolute Gasteiger partial charge is 0.352 e. The standard InChI is InChI=1S/C31H37Cl2N3O4S/c1-6-23(4)34-31(38)28(18-24-13-8-7-9-14-24)35(19-25-15-16-26(32)27(33)17-25)29(37)20-36(41(5,39)40)30-21(2)11-10-12-22(30)3/h7-17,23,28H,6,18-20H2,1-5H3,(H,34,38)/t23-,28-/m1/s1. The third-order valence-corrected chi connectivity index (χ3v) is 8.83. The van der Waals surface area contributed by atoms with Crippen molar-refractivity contribution in [2.75, 3.05) is 17.1 Å². The topological polar surface area (TPSA) is 86.8 Å². The van der Waals surface area contributed by atoms with Gasteiger partial charge in [-0.25, -0.2) is 8.42 Å². The quantitative estimate of drug-likeness (QED) is 0.273. The highest BCUT2D eigenvalue weighted by molar-refractivity contribution is 7.92. The van der Waals surface area contributed by atoms with Crippen molar-refractivity contribution in [3.8, 4) is 0 Å². The van der Waals surface area contributed by atoms with Crippen LogP contribution in [0.1, 0.15) is 42.5 Å². The highest BCUT2D eigenvalue weighted by atomic mass is 35.5. The van der Waals surface area contributed by atoms with Gasteiger partial charge in [-0.3, -0.25) is 13.9 Å². The first-order valence-corrected chi connectivity index (χ1v) is 16.0. The number of aryl methyl sites for hydroxylation is 2. The Labute approximate surface area is 253 Å². The minimum atomic E-state index is -3.86. The van der Waals surface area contributed by atoms with Crippen LogP contribution < -0.4 is 9.62 Å². The van der Waals surface area contributed by atoms with Crippen molar-refractivity contribution in [3.05, 3.63) is 99.0 Å². The van der Waals surface area contributed by atoms with Gasteiger partial charge in [0.05, 0.1) is 22.0 Å². The summed E-state index contributed by atoms with van der Waals surface area (Å²) in [5.74, 6) is -0.848. The van der Waals surface area contributed by atoms with Gasteiger partial charge in [0.1, 0.15) is 12.6 Å². The summed E-state index contributed by atoms with van der Waals surface area (Å²) in [6, 6.07) is 18.8. The van der Waals surface area contributed by atoms with Gasteiger partial charge < -0.3 is 10.2 Å². The molecule has 0 aromatic heterocycles. The van der Waals surface area contributed by atoms with Gasteiger partial charge in [-0.15, -0.1) is 0 Å². The summed E-state index contributed by atoms with van der Waals surface area (Å²) in [6.45, 7) is 7.00. The molecule has 0 radical (unpaired) electrons. The van der Waals surface area contributed by atoms with Crippen LogP contribution >= 0.6 is 23.2 Å². The fraction of sp³-hybridized carbons (Fsp3) is 0.355. The first kappa shape index (κ1) is 32.4. The van der Waals surface area contributed by atoms with E-state index in [0.29, 0.717) is 27.7 Å². The molecule has 41 heavy (non-hydrogen) atoms. The van der Waals surface area contributed by atoms with E-state index in [0.717, 1.165) is 27.3 Å². The lowest BCUT2D eigenvalue weighted by Crippen LogP contribution is -2.54. The van der Waals surface area contributed by atoms with Crippen LogP contribution in [-0.2, 0) is 32.6 Å². The Bertz CT molecular complexity index is 1460. The summed E-state index contributed by atoms with van der Waals surface area (Å²) < 4.78 is 27.2. The van der Waals surface area contributed by atoms with Crippen molar-refractivity contribution >= 4 is 50.7 Å². The zero-order valence-corrected chi connectivity index (χ0v) is 26.4. The first-order chi connectivity index (χ1) is 19.3. The molecule has 0 spiro atoms. The summed E-state index contributed by atoms with van der Waals surface area (Å²) >= 11 is 12.4. The molecule has 7 nitrogen and oxygen atoms in total. The van der Waals surface area contributed by atoms with Crippen LogP contribution in [0.4, 0.5) is 5.69 Å². The average molecular weight is 619 g/mol. The number of sulfonamides is 1. The molecule has 0 fully saturated rings. The summed E-state index contributed by atoms with van der Waals surface area (Å²) in [7, 11) is -3.86. The van der Waals surface area contributed by atoms with Crippen molar-refractivity contribution in [1.82, 2.24) is 10.2 Å². The lowest BCUT2D eigenvalue weighted by atomic mass is 10.0. The number of anilines is 1. The molecule has 1 N–H and O–H groups in total. The van der Waals surface area contributed by atoms with E-state index >= 15 is 0 Å². The number of hydrogen-bond donors (Lipinski definition) is 1. The van der Waals surface area contributed by atoms with Crippen LogP contribution in [0, 0.1) is 13.8 Å². The van der Waals surface area contributed by atoms with Gasteiger partial charge in [0.15, 0.2) is 0 Å². The molecule has 0 unspecified atom stereocenters. The minimum Gasteiger partial charge on any atom is -0.352 e. The van der Waals surface area contributed by atoms with Crippen LogP contribution in [0.5, 0.6) is 0 Å². The lowest BCUT2D eigenvalue weighted by molar-refractivity contribution is -0.140. The molecular weight excluding hydrogens is 581 g/mol. The summed E-state index contributed by atoms with van der Waals surface area (Å²) in [5.41, 5.74) is 3.39. The number of benzene rings is 3. The van der Waals surface area contributed by atoms with Gasteiger partial charge in [-0.05, 0) is 61.6 Å². The van der Waals surface area contributed by atoms with Crippen molar-refractivity contribution in [2.45, 2.75) is 59.2 Å². The highest BCUT2D eigenvalue weighted by Crippen LogP contribution is 2.28. The minimum absolute atomic E-state index is 0.0193. The third-order valence-electron chi connectivity index (χ3n) is 6.98. The second kappa shape index (κ2) is 14.2. The monoisotopic (exact) mass is 617 g/mol. The molecule has 0 saturated carbocycles. The summed E-state index contributed by atoms with van der Waals surface area (Å²) in [4.78, 5) is 29.4. The Hall–Kier alpha value is -3.07. The second-order valence-corrected chi connectivity index (χ2v) is 13.0. The van der Waals surface area contributed by atoms with Crippen LogP contribution in [0.3, 0.4) is 0 Å². The third kappa shape index (κ3) is 8.71. The fourth-order valence-corrected chi connectivity index (χ4v) is 5.89. The molecule has 0 aliphatic carbocycles. The molecule has 3 rings (SSSR count). The SMILES string of the molecule is CC[C@@H](C)NC(=O)[C@@H](Cc1ccccc1)N(Cc1ccc(Cl)c(Cl)c1)C(=O)CN(c1c(C)cccc1C)S(C)(=O)=O. The van der Waals surface area contributed by atoms with Gasteiger partial charge >= 0.3 is 0 Å². The number of nitrogens with one attached hydrogen (secondary N) is 1. The molecule has 0 bridgehead atoms. The van der Waals surface area contributed by atoms with Crippen molar-refractivity contribution in [2.24, 2.45) is 0 Å². The molecule has 3 aromatic carbocycles. The van der Waals surface area contributed by atoms with E-state index in [-0.39, 0.29) is 24.9 Å². The maximum absolute atomic E-state index is 14.2. The van der Waals surface area contributed by atoms with Crippen LogP contribution in [0.15, 0.2) is 66.7 Å². The number of nitrogens with zero attached hydrogens (tertiary/aromatic N) is 2. The molecule has 2 atom stereocenters. The Morgan fingerprint density at radius 3 is 2.10 bits per heavy atom. The van der Waals surface area contributed by atoms with Crippen LogP contribution in [-0.4, -0.2) is 50.0 Å². The molecule has 3 aromatic rings. The number of rotatable bonds is 12. The van der Waals surface area contributed by atoms with E-state index in [4.69, 9.17) is 23.2 Å².